The van der Waals surface area contributed by atoms with E-state index in [0.717, 1.165) is 31.6 Å². The molecular weight excluding hydrogens is 316 g/mol. The van der Waals surface area contributed by atoms with Gasteiger partial charge >= 0.3 is 0 Å². The average Bonchev–Trinajstić information content (AvgIpc) is 3.31. The van der Waals surface area contributed by atoms with E-state index in [0.29, 0.717) is 31.5 Å². The first-order valence-electron chi connectivity index (χ1n) is 9.64. The highest BCUT2D eigenvalue weighted by Gasteiger charge is 2.38. The number of nitrogens with zero attached hydrogens (tertiary/aromatic N) is 3. The van der Waals surface area contributed by atoms with Crippen LogP contribution in [0.15, 0.2) is 12.4 Å². The fraction of sp³-hybridized carbons (Fsp3) is 0.737. The summed E-state index contributed by atoms with van der Waals surface area (Å²) in [5.74, 6) is 1.50. The Hall–Kier alpha value is -1.85. The largest absolute Gasteiger partial charge is 0.356 e. The molecule has 0 radical (unpaired) electrons. The maximum Gasteiger partial charge on any atom is 0.225 e. The zero-order valence-electron chi connectivity index (χ0n) is 15.4. The van der Waals surface area contributed by atoms with E-state index in [-0.39, 0.29) is 17.7 Å². The Morgan fingerprint density at radius 1 is 1.36 bits per heavy atom. The smallest absolute Gasteiger partial charge is 0.225 e. The summed E-state index contributed by atoms with van der Waals surface area (Å²) in [4.78, 5) is 30.9. The third kappa shape index (κ3) is 4.22. The SMILES string of the molecule is CC(C)c1nccn1CCCNC(=O)C1CC(=O)N(C2CCCC2)C1. The van der Waals surface area contributed by atoms with Crippen LogP contribution in [0.25, 0.3) is 0 Å². The van der Waals surface area contributed by atoms with Crippen LogP contribution in [0.5, 0.6) is 0 Å². The number of aromatic nitrogens is 2. The fourth-order valence-corrected chi connectivity index (χ4v) is 4.09. The minimum Gasteiger partial charge on any atom is -0.356 e. The van der Waals surface area contributed by atoms with Crippen molar-refractivity contribution >= 4 is 11.8 Å². The second-order valence-electron chi connectivity index (χ2n) is 7.66. The number of amides is 2. The van der Waals surface area contributed by atoms with Gasteiger partial charge in [-0.25, -0.2) is 4.98 Å². The molecule has 6 heteroatoms. The summed E-state index contributed by atoms with van der Waals surface area (Å²) in [5, 5.41) is 3.02. The first-order chi connectivity index (χ1) is 12.1. The molecule has 1 N–H and O–H groups in total. The number of carbonyl (C=O) groups is 2. The quantitative estimate of drug-likeness (QED) is 0.771. The summed E-state index contributed by atoms with van der Waals surface area (Å²) >= 11 is 0. The minimum atomic E-state index is -0.174. The lowest BCUT2D eigenvalue weighted by Crippen LogP contribution is -2.37. The molecule has 138 valence electrons. The molecule has 0 spiro atoms. The fourth-order valence-electron chi connectivity index (χ4n) is 4.09. The van der Waals surface area contributed by atoms with Crippen molar-refractivity contribution in [1.29, 1.82) is 0 Å². The number of aryl methyl sites for hydroxylation is 1. The molecule has 1 aliphatic carbocycles. The number of nitrogens with one attached hydrogen (secondary N) is 1. The van der Waals surface area contributed by atoms with Gasteiger partial charge in [-0.1, -0.05) is 26.7 Å². The van der Waals surface area contributed by atoms with Gasteiger partial charge in [-0.05, 0) is 19.3 Å². The van der Waals surface area contributed by atoms with E-state index in [1.54, 1.807) is 0 Å². The monoisotopic (exact) mass is 346 g/mol. The first-order valence-corrected chi connectivity index (χ1v) is 9.64. The van der Waals surface area contributed by atoms with E-state index >= 15 is 0 Å². The van der Waals surface area contributed by atoms with Crippen LogP contribution in [0.4, 0.5) is 0 Å². The van der Waals surface area contributed by atoms with Crippen molar-refractivity contribution in [3.63, 3.8) is 0 Å². The second-order valence-corrected chi connectivity index (χ2v) is 7.66. The van der Waals surface area contributed by atoms with Gasteiger partial charge in [-0.3, -0.25) is 9.59 Å². The van der Waals surface area contributed by atoms with Crippen molar-refractivity contribution in [2.75, 3.05) is 13.1 Å². The van der Waals surface area contributed by atoms with Crippen molar-refractivity contribution in [1.82, 2.24) is 19.8 Å². The average molecular weight is 346 g/mol. The lowest BCUT2D eigenvalue weighted by molar-refractivity contribution is -0.130. The van der Waals surface area contributed by atoms with Crippen LogP contribution in [0, 0.1) is 5.92 Å². The second kappa shape index (κ2) is 8.02. The number of hydrogen-bond donors (Lipinski definition) is 1. The van der Waals surface area contributed by atoms with Crippen LogP contribution in [-0.4, -0.2) is 45.4 Å². The van der Waals surface area contributed by atoms with Gasteiger partial charge in [-0.2, -0.15) is 0 Å². The Labute approximate surface area is 150 Å². The Balaban J connectivity index is 1.41. The first kappa shape index (κ1) is 18.0. The predicted molar refractivity (Wildman–Crippen MR) is 96.0 cm³/mol. The van der Waals surface area contributed by atoms with Crippen molar-refractivity contribution in [3.8, 4) is 0 Å². The maximum atomic E-state index is 12.4. The molecule has 2 aliphatic rings. The number of likely N-dealkylation sites (tertiary alicyclic amines) is 1. The Kier molecular flexibility index (Phi) is 5.76. The normalized spacial score (nSPS) is 21.5. The molecule has 1 atom stereocenters. The van der Waals surface area contributed by atoms with Crippen molar-refractivity contribution in [2.24, 2.45) is 5.92 Å². The molecule has 3 rings (SSSR count). The molecule has 1 saturated heterocycles. The molecule has 2 amide bonds. The van der Waals surface area contributed by atoms with Crippen LogP contribution in [0.1, 0.15) is 64.1 Å². The van der Waals surface area contributed by atoms with E-state index in [9.17, 15) is 9.59 Å². The van der Waals surface area contributed by atoms with Gasteiger partial charge in [0.1, 0.15) is 5.82 Å². The molecule has 2 fully saturated rings. The molecule has 1 unspecified atom stereocenters. The number of hydrogen-bond acceptors (Lipinski definition) is 3. The standard InChI is InChI=1S/C19H30N4O2/c1-14(2)18-20-9-11-22(18)10-5-8-21-19(25)15-12-17(24)23(13-15)16-6-3-4-7-16/h9,11,14-16H,3-8,10,12-13H2,1-2H3,(H,21,25). The summed E-state index contributed by atoms with van der Waals surface area (Å²) < 4.78 is 2.15. The van der Waals surface area contributed by atoms with Crippen molar-refractivity contribution in [3.05, 3.63) is 18.2 Å². The summed E-state index contributed by atoms with van der Waals surface area (Å²) in [7, 11) is 0. The van der Waals surface area contributed by atoms with Crippen LogP contribution in [-0.2, 0) is 16.1 Å². The molecule has 1 aliphatic heterocycles. The van der Waals surface area contributed by atoms with Crippen LogP contribution < -0.4 is 5.32 Å². The highest BCUT2D eigenvalue weighted by Crippen LogP contribution is 2.29. The van der Waals surface area contributed by atoms with E-state index < -0.39 is 0 Å². The van der Waals surface area contributed by atoms with E-state index in [1.807, 2.05) is 17.3 Å². The minimum absolute atomic E-state index is 0.0311. The highest BCUT2D eigenvalue weighted by atomic mass is 16.2. The van der Waals surface area contributed by atoms with E-state index in [4.69, 9.17) is 0 Å². The third-order valence-corrected chi connectivity index (χ3v) is 5.43. The Morgan fingerprint density at radius 3 is 2.84 bits per heavy atom. The van der Waals surface area contributed by atoms with Gasteiger partial charge in [0.25, 0.3) is 0 Å². The van der Waals surface area contributed by atoms with Crippen molar-refractivity contribution in [2.45, 2.75) is 70.9 Å². The molecule has 2 heterocycles. The summed E-state index contributed by atoms with van der Waals surface area (Å²) in [6.45, 7) is 6.37. The van der Waals surface area contributed by atoms with Gasteiger partial charge in [0.15, 0.2) is 0 Å². The third-order valence-electron chi connectivity index (χ3n) is 5.43. The molecule has 0 aromatic carbocycles. The molecule has 1 saturated carbocycles. The topological polar surface area (TPSA) is 67.2 Å². The van der Waals surface area contributed by atoms with Crippen molar-refractivity contribution < 1.29 is 9.59 Å². The summed E-state index contributed by atoms with van der Waals surface area (Å²) in [5.41, 5.74) is 0. The number of carbonyl (C=O) groups excluding carboxylic acids is 2. The van der Waals surface area contributed by atoms with Gasteiger partial charge in [0.2, 0.25) is 11.8 Å². The lowest BCUT2D eigenvalue weighted by atomic mass is 10.1. The predicted octanol–water partition coefficient (Wildman–Crippen LogP) is 2.30. The van der Waals surface area contributed by atoms with Gasteiger partial charge in [-0.15, -0.1) is 0 Å². The summed E-state index contributed by atoms with van der Waals surface area (Å²) in [6.07, 6.45) is 9.68. The molecule has 1 aromatic rings. The van der Waals surface area contributed by atoms with E-state index in [1.165, 1.54) is 12.8 Å². The van der Waals surface area contributed by atoms with Crippen LogP contribution in [0.2, 0.25) is 0 Å². The Morgan fingerprint density at radius 2 is 2.12 bits per heavy atom. The van der Waals surface area contributed by atoms with Crippen LogP contribution >= 0.6 is 0 Å². The molecular formula is C19H30N4O2. The van der Waals surface area contributed by atoms with Gasteiger partial charge in [0, 0.05) is 50.4 Å². The molecule has 6 nitrogen and oxygen atoms in total. The Bertz CT molecular complexity index is 604. The zero-order chi connectivity index (χ0) is 17.8. The van der Waals surface area contributed by atoms with Gasteiger partial charge < -0.3 is 14.8 Å². The number of rotatable bonds is 7. The number of imidazole rings is 1. The molecule has 0 bridgehead atoms. The summed E-state index contributed by atoms with van der Waals surface area (Å²) in [6, 6.07) is 0.376. The lowest BCUT2D eigenvalue weighted by Gasteiger charge is -2.23. The molecule has 25 heavy (non-hydrogen) atoms. The van der Waals surface area contributed by atoms with Gasteiger partial charge in [0.05, 0.1) is 5.92 Å². The van der Waals surface area contributed by atoms with E-state index in [2.05, 4.69) is 28.7 Å². The highest BCUT2D eigenvalue weighted by molar-refractivity contribution is 5.89. The van der Waals surface area contributed by atoms with Crippen LogP contribution in [0.3, 0.4) is 0 Å². The molecule has 1 aromatic heterocycles. The maximum absolute atomic E-state index is 12.4. The zero-order valence-corrected chi connectivity index (χ0v) is 15.4.